The van der Waals surface area contributed by atoms with Gasteiger partial charge in [-0.3, -0.25) is 4.79 Å². The van der Waals surface area contributed by atoms with E-state index in [2.05, 4.69) is 10.3 Å². The van der Waals surface area contributed by atoms with Crippen LogP contribution >= 0.6 is 23.2 Å². The quantitative estimate of drug-likeness (QED) is 0.816. The lowest BCUT2D eigenvalue weighted by Crippen LogP contribution is -2.40. The third-order valence-electron chi connectivity index (χ3n) is 2.24. The molecule has 1 amide bonds. The highest BCUT2D eigenvalue weighted by Gasteiger charge is 2.20. The highest BCUT2D eigenvalue weighted by molar-refractivity contribution is 6.41. The first-order valence-corrected chi connectivity index (χ1v) is 6.06. The Morgan fingerprint density at radius 3 is 2.67 bits per heavy atom. The minimum Gasteiger partial charge on any atom is -0.480 e. The maximum absolute atomic E-state index is 11.8. The number of nitrogens with zero attached hydrogens (tertiary/aromatic N) is 1. The van der Waals surface area contributed by atoms with Gasteiger partial charge in [0.05, 0.1) is 10.6 Å². The van der Waals surface area contributed by atoms with Gasteiger partial charge in [0.2, 0.25) is 0 Å². The van der Waals surface area contributed by atoms with E-state index < -0.39 is 17.9 Å². The van der Waals surface area contributed by atoms with Crippen LogP contribution in [0, 0.1) is 0 Å². The van der Waals surface area contributed by atoms with E-state index in [1.54, 1.807) is 0 Å². The second-order valence-corrected chi connectivity index (χ2v) is 4.41. The van der Waals surface area contributed by atoms with Gasteiger partial charge >= 0.3 is 5.97 Å². The van der Waals surface area contributed by atoms with Crippen LogP contribution in [0.25, 0.3) is 0 Å². The molecule has 1 aromatic heterocycles. The van der Waals surface area contributed by atoms with Crippen LogP contribution in [0.4, 0.5) is 0 Å². The summed E-state index contributed by atoms with van der Waals surface area (Å²) >= 11 is 11.3. The molecule has 1 heterocycles. The topological polar surface area (TPSA) is 79.3 Å². The zero-order chi connectivity index (χ0) is 13.7. The molecule has 0 unspecified atom stereocenters. The minimum atomic E-state index is -1.07. The van der Waals surface area contributed by atoms with Crippen molar-refractivity contribution in [3.8, 4) is 0 Å². The summed E-state index contributed by atoms with van der Waals surface area (Å²) in [6.45, 7) is 1.84. The highest BCUT2D eigenvalue weighted by Crippen LogP contribution is 2.19. The summed E-state index contributed by atoms with van der Waals surface area (Å²) in [4.78, 5) is 26.4. The first-order chi connectivity index (χ1) is 8.45. The third-order valence-corrected chi connectivity index (χ3v) is 2.93. The Balaban J connectivity index is 2.80. The summed E-state index contributed by atoms with van der Waals surface area (Å²) in [6.07, 6.45) is 2.25. The second-order valence-electron chi connectivity index (χ2n) is 3.65. The summed E-state index contributed by atoms with van der Waals surface area (Å²) in [6, 6.07) is 0.425. The fourth-order valence-corrected chi connectivity index (χ4v) is 1.60. The monoisotopic (exact) mass is 290 g/mol. The molecule has 0 aromatic carbocycles. The maximum Gasteiger partial charge on any atom is 0.326 e. The van der Waals surface area contributed by atoms with Crippen LogP contribution in [0.3, 0.4) is 0 Å². The summed E-state index contributed by atoms with van der Waals surface area (Å²) in [7, 11) is 0. The fourth-order valence-electron chi connectivity index (χ4n) is 1.33. The molecule has 0 saturated heterocycles. The summed E-state index contributed by atoms with van der Waals surface area (Å²) in [5, 5.41) is 11.6. The van der Waals surface area contributed by atoms with Crippen molar-refractivity contribution in [1.82, 2.24) is 10.3 Å². The number of carbonyl (C=O) groups is 2. The van der Waals surface area contributed by atoms with E-state index in [1.807, 2.05) is 6.92 Å². The van der Waals surface area contributed by atoms with Crippen LogP contribution < -0.4 is 5.32 Å². The number of halogens is 2. The highest BCUT2D eigenvalue weighted by atomic mass is 35.5. The standard InChI is InChI=1S/C11H12Cl2N2O3/c1-2-3-8(11(17)18)15-10(16)6-4-7(12)9(13)14-5-6/h4-5,8H,2-3H2,1H3,(H,15,16)(H,17,18)/t8-/m0/s1. The molecule has 0 radical (unpaired) electrons. The van der Waals surface area contributed by atoms with Crippen molar-refractivity contribution in [3.63, 3.8) is 0 Å². The van der Waals surface area contributed by atoms with Gasteiger partial charge in [0.25, 0.3) is 5.91 Å². The number of nitrogens with one attached hydrogen (secondary N) is 1. The van der Waals surface area contributed by atoms with Crippen molar-refractivity contribution in [2.75, 3.05) is 0 Å². The molecule has 1 rings (SSSR count). The van der Waals surface area contributed by atoms with Crippen LogP contribution in [0.5, 0.6) is 0 Å². The molecule has 18 heavy (non-hydrogen) atoms. The third kappa shape index (κ3) is 3.85. The van der Waals surface area contributed by atoms with Crippen LogP contribution in [0.15, 0.2) is 12.3 Å². The van der Waals surface area contributed by atoms with Gasteiger partial charge < -0.3 is 10.4 Å². The Labute approximate surface area is 114 Å². The first kappa shape index (κ1) is 14.7. The number of carbonyl (C=O) groups excluding carboxylic acids is 1. The number of pyridine rings is 1. The fraction of sp³-hybridized carbons (Fsp3) is 0.364. The molecule has 0 fully saturated rings. The molecule has 98 valence electrons. The Morgan fingerprint density at radius 1 is 1.50 bits per heavy atom. The lowest BCUT2D eigenvalue weighted by Gasteiger charge is -2.13. The molecule has 0 saturated carbocycles. The summed E-state index contributed by atoms with van der Waals surface area (Å²) in [5.41, 5.74) is 0.173. The van der Waals surface area contributed by atoms with Crippen molar-refractivity contribution < 1.29 is 14.7 Å². The lowest BCUT2D eigenvalue weighted by atomic mass is 10.1. The molecule has 2 N–H and O–H groups in total. The Bertz CT molecular complexity index is 466. The number of hydrogen-bond acceptors (Lipinski definition) is 3. The van der Waals surface area contributed by atoms with Crippen molar-refractivity contribution in [1.29, 1.82) is 0 Å². The van der Waals surface area contributed by atoms with Gasteiger partial charge in [-0.25, -0.2) is 9.78 Å². The summed E-state index contributed by atoms with van der Waals surface area (Å²) in [5.74, 6) is -1.61. The number of aliphatic carboxylic acids is 1. The average molecular weight is 291 g/mol. The van der Waals surface area contributed by atoms with Crippen LogP contribution in [0.1, 0.15) is 30.1 Å². The van der Waals surface area contributed by atoms with Crippen LogP contribution in [-0.2, 0) is 4.79 Å². The van der Waals surface area contributed by atoms with Gasteiger partial charge in [0.15, 0.2) is 0 Å². The number of rotatable bonds is 5. The second kappa shape index (κ2) is 6.56. The Hall–Kier alpha value is -1.33. The molecule has 7 heteroatoms. The first-order valence-electron chi connectivity index (χ1n) is 5.30. The van der Waals surface area contributed by atoms with Crippen molar-refractivity contribution in [3.05, 3.63) is 28.0 Å². The molecule has 0 aliphatic carbocycles. The van der Waals surface area contributed by atoms with Gasteiger partial charge in [-0.15, -0.1) is 0 Å². The molecule has 0 spiro atoms. The van der Waals surface area contributed by atoms with E-state index >= 15 is 0 Å². The normalized spacial score (nSPS) is 11.9. The van der Waals surface area contributed by atoms with E-state index in [0.717, 1.165) is 0 Å². The Kier molecular flexibility index (Phi) is 5.37. The smallest absolute Gasteiger partial charge is 0.326 e. The molecule has 0 aliphatic rings. The van der Waals surface area contributed by atoms with Gasteiger partial charge in [-0.2, -0.15) is 0 Å². The zero-order valence-corrected chi connectivity index (χ0v) is 11.1. The maximum atomic E-state index is 11.8. The number of carboxylic acids is 1. The van der Waals surface area contributed by atoms with Crippen LogP contribution in [-0.4, -0.2) is 28.0 Å². The lowest BCUT2D eigenvalue weighted by molar-refractivity contribution is -0.139. The van der Waals surface area contributed by atoms with E-state index in [-0.39, 0.29) is 15.7 Å². The van der Waals surface area contributed by atoms with E-state index in [0.29, 0.717) is 12.8 Å². The molecule has 0 bridgehead atoms. The van der Waals surface area contributed by atoms with Crippen LogP contribution in [0.2, 0.25) is 10.2 Å². The minimum absolute atomic E-state index is 0.0940. The average Bonchev–Trinajstić information content (AvgIpc) is 2.31. The van der Waals surface area contributed by atoms with Gasteiger partial charge in [0.1, 0.15) is 11.2 Å². The largest absolute Gasteiger partial charge is 0.480 e. The predicted molar refractivity (Wildman–Crippen MR) is 68.1 cm³/mol. The number of carboxylic acid groups (broad SMARTS) is 1. The van der Waals surface area contributed by atoms with Gasteiger partial charge in [-0.1, -0.05) is 36.5 Å². The van der Waals surface area contributed by atoms with E-state index in [4.69, 9.17) is 28.3 Å². The van der Waals surface area contributed by atoms with Gasteiger partial charge in [-0.05, 0) is 12.5 Å². The van der Waals surface area contributed by atoms with Crippen molar-refractivity contribution >= 4 is 35.1 Å². The SMILES string of the molecule is CCC[C@H](NC(=O)c1cnc(Cl)c(Cl)c1)C(=O)O. The molecule has 5 nitrogen and oxygen atoms in total. The van der Waals surface area contributed by atoms with Gasteiger partial charge in [0, 0.05) is 6.20 Å². The van der Waals surface area contributed by atoms with E-state index in [1.165, 1.54) is 12.3 Å². The molecule has 1 atom stereocenters. The summed E-state index contributed by atoms with van der Waals surface area (Å²) < 4.78 is 0. The predicted octanol–water partition coefficient (Wildman–Crippen LogP) is 2.37. The number of aromatic nitrogens is 1. The molecule has 1 aromatic rings. The zero-order valence-electron chi connectivity index (χ0n) is 9.61. The Morgan fingerprint density at radius 2 is 2.17 bits per heavy atom. The number of hydrogen-bond donors (Lipinski definition) is 2. The molecule has 0 aliphatic heterocycles. The van der Waals surface area contributed by atoms with E-state index in [9.17, 15) is 9.59 Å². The van der Waals surface area contributed by atoms with Crippen molar-refractivity contribution in [2.45, 2.75) is 25.8 Å². The molecular weight excluding hydrogens is 279 g/mol. The molecular formula is C11H12Cl2N2O3. The van der Waals surface area contributed by atoms with Crippen molar-refractivity contribution in [2.24, 2.45) is 0 Å². The number of amides is 1.